The molecule has 2 rings (SSSR count). The van der Waals surface area contributed by atoms with Gasteiger partial charge in [-0.05, 0) is 13.0 Å². The van der Waals surface area contributed by atoms with E-state index in [0.29, 0.717) is 24.5 Å². The zero-order valence-corrected chi connectivity index (χ0v) is 15.0. The summed E-state index contributed by atoms with van der Waals surface area (Å²) >= 11 is 0. The molecule has 0 radical (unpaired) electrons. The van der Waals surface area contributed by atoms with E-state index in [1.54, 1.807) is 33.9 Å². The Hall–Kier alpha value is -2.13. The van der Waals surface area contributed by atoms with Gasteiger partial charge in [-0.15, -0.1) is 0 Å². The Morgan fingerprint density at radius 3 is 2.54 bits per heavy atom. The van der Waals surface area contributed by atoms with Crippen molar-refractivity contribution in [1.82, 2.24) is 14.0 Å². The zero-order valence-electron chi connectivity index (χ0n) is 14.1. The van der Waals surface area contributed by atoms with E-state index in [2.05, 4.69) is 5.16 Å². The fourth-order valence-electron chi connectivity index (χ4n) is 2.29. The highest BCUT2D eigenvalue weighted by molar-refractivity contribution is 7.89. The van der Waals surface area contributed by atoms with Crippen molar-refractivity contribution < 1.29 is 22.5 Å². The van der Waals surface area contributed by atoms with Gasteiger partial charge in [0.25, 0.3) is 0 Å². The molecular formula is C15H21N3O5S. The summed E-state index contributed by atoms with van der Waals surface area (Å²) in [6.07, 6.45) is 1.41. The molecule has 24 heavy (non-hydrogen) atoms. The Morgan fingerprint density at radius 2 is 2.00 bits per heavy atom. The second-order valence-electron chi connectivity index (χ2n) is 5.27. The van der Waals surface area contributed by atoms with Crippen LogP contribution in [0.2, 0.25) is 0 Å². The van der Waals surface area contributed by atoms with E-state index in [1.165, 1.54) is 21.1 Å². The van der Waals surface area contributed by atoms with Gasteiger partial charge in [-0.2, -0.15) is 4.31 Å². The van der Waals surface area contributed by atoms with E-state index < -0.39 is 16.0 Å². The van der Waals surface area contributed by atoms with Gasteiger partial charge < -0.3 is 13.8 Å². The number of carbonyl (C=O) groups is 1. The minimum atomic E-state index is -3.62. The van der Waals surface area contributed by atoms with Gasteiger partial charge in [0.05, 0.1) is 0 Å². The van der Waals surface area contributed by atoms with Gasteiger partial charge in [0.2, 0.25) is 10.0 Å². The van der Waals surface area contributed by atoms with E-state index in [4.69, 9.17) is 9.26 Å². The minimum absolute atomic E-state index is 0.0422. The average molecular weight is 355 g/mol. The van der Waals surface area contributed by atoms with Crippen molar-refractivity contribution >= 4 is 16.0 Å². The van der Waals surface area contributed by atoms with E-state index in [9.17, 15) is 13.2 Å². The topological polar surface area (TPSA) is 94.6 Å². The maximum atomic E-state index is 12.5. The largest absolute Gasteiger partial charge is 0.454 e. The number of aromatic nitrogens is 2. The summed E-state index contributed by atoms with van der Waals surface area (Å²) in [6, 6.07) is 2.98. The molecule has 9 heteroatoms. The van der Waals surface area contributed by atoms with Crippen molar-refractivity contribution in [2.75, 3.05) is 13.1 Å². The highest BCUT2D eigenvalue weighted by Crippen LogP contribution is 2.19. The quantitative estimate of drug-likeness (QED) is 0.702. The first kappa shape index (κ1) is 18.2. The van der Waals surface area contributed by atoms with Crippen LogP contribution in [0.3, 0.4) is 0 Å². The van der Waals surface area contributed by atoms with Crippen LogP contribution in [0, 0.1) is 6.92 Å². The molecule has 0 fully saturated rings. The maximum absolute atomic E-state index is 12.5. The maximum Gasteiger partial charge on any atom is 0.355 e. The van der Waals surface area contributed by atoms with Gasteiger partial charge in [0.1, 0.15) is 28.7 Å². The Labute approximate surface area is 141 Å². The summed E-state index contributed by atoms with van der Waals surface area (Å²) in [5.74, 6) is -0.00771. The van der Waals surface area contributed by atoms with Crippen molar-refractivity contribution in [3.8, 4) is 0 Å². The molecule has 2 heterocycles. The number of carbonyl (C=O) groups excluding carboxylic acids is 1. The molecule has 132 valence electrons. The smallest absolute Gasteiger partial charge is 0.355 e. The first-order valence-electron chi connectivity index (χ1n) is 7.55. The number of ether oxygens (including phenoxy) is 1. The van der Waals surface area contributed by atoms with Crippen LogP contribution in [0.15, 0.2) is 27.7 Å². The molecule has 0 N–H and O–H groups in total. The van der Waals surface area contributed by atoms with Gasteiger partial charge >= 0.3 is 5.97 Å². The molecule has 0 aromatic carbocycles. The molecule has 0 aliphatic heterocycles. The van der Waals surface area contributed by atoms with Crippen LogP contribution in [0.4, 0.5) is 0 Å². The number of sulfonamides is 1. The lowest BCUT2D eigenvalue weighted by Gasteiger charge is -2.17. The summed E-state index contributed by atoms with van der Waals surface area (Å²) in [5.41, 5.74) is 0.645. The molecule has 0 aliphatic rings. The van der Waals surface area contributed by atoms with E-state index in [-0.39, 0.29) is 17.2 Å². The Morgan fingerprint density at radius 1 is 1.33 bits per heavy atom. The number of esters is 1. The number of rotatable bonds is 7. The third-order valence-electron chi connectivity index (χ3n) is 3.56. The van der Waals surface area contributed by atoms with Gasteiger partial charge in [0.15, 0.2) is 0 Å². The third kappa shape index (κ3) is 3.68. The molecule has 2 aromatic heterocycles. The first-order valence-corrected chi connectivity index (χ1v) is 8.99. The number of hydrogen-bond acceptors (Lipinski definition) is 6. The molecule has 0 amide bonds. The minimum Gasteiger partial charge on any atom is -0.454 e. The predicted octanol–water partition coefficient (Wildman–Crippen LogP) is 1.71. The predicted molar refractivity (Wildman–Crippen MR) is 85.9 cm³/mol. The van der Waals surface area contributed by atoms with Crippen molar-refractivity contribution in [3.05, 3.63) is 35.5 Å². The molecule has 0 unspecified atom stereocenters. The monoisotopic (exact) mass is 355 g/mol. The van der Waals surface area contributed by atoms with Crippen LogP contribution < -0.4 is 0 Å². The second kappa shape index (κ2) is 7.18. The first-order chi connectivity index (χ1) is 11.3. The van der Waals surface area contributed by atoms with Crippen LogP contribution >= 0.6 is 0 Å². The molecule has 2 aromatic rings. The van der Waals surface area contributed by atoms with Gasteiger partial charge in [-0.3, -0.25) is 0 Å². The lowest BCUT2D eigenvalue weighted by molar-refractivity contribution is 0.0453. The summed E-state index contributed by atoms with van der Waals surface area (Å²) in [6.45, 7) is 5.94. The van der Waals surface area contributed by atoms with Crippen LogP contribution in [-0.2, 0) is 28.4 Å². The molecular weight excluding hydrogens is 334 g/mol. The summed E-state index contributed by atoms with van der Waals surface area (Å²) in [5, 5.41) is 3.73. The molecule has 0 aliphatic carbocycles. The summed E-state index contributed by atoms with van der Waals surface area (Å²) < 4.78 is 37.8. The Balaban J connectivity index is 2.17. The van der Waals surface area contributed by atoms with Crippen molar-refractivity contribution in [2.24, 2.45) is 7.05 Å². The number of hydrogen-bond donors (Lipinski definition) is 0. The summed E-state index contributed by atoms with van der Waals surface area (Å²) in [7, 11) is -2.03. The fraction of sp³-hybridized carbons (Fsp3) is 0.467. The Kier molecular flexibility index (Phi) is 5.45. The van der Waals surface area contributed by atoms with Crippen LogP contribution in [0.25, 0.3) is 0 Å². The van der Waals surface area contributed by atoms with Crippen LogP contribution in [0.5, 0.6) is 0 Å². The van der Waals surface area contributed by atoms with Crippen molar-refractivity contribution in [2.45, 2.75) is 32.3 Å². The molecule has 0 bridgehead atoms. The lowest BCUT2D eigenvalue weighted by Crippen LogP contribution is -2.30. The number of nitrogens with zero attached hydrogens (tertiary/aromatic N) is 3. The van der Waals surface area contributed by atoms with Gasteiger partial charge in [-0.1, -0.05) is 19.0 Å². The van der Waals surface area contributed by atoms with E-state index >= 15 is 0 Å². The molecule has 0 saturated carbocycles. The van der Waals surface area contributed by atoms with Gasteiger partial charge in [0, 0.05) is 32.4 Å². The van der Waals surface area contributed by atoms with E-state index in [1.807, 2.05) is 0 Å². The van der Waals surface area contributed by atoms with Crippen LogP contribution in [0.1, 0.15) is 35.8 Å². The van der Waals surface area contributed by atoms with Crippen LogP contribution in [-0.4, -0.2) is 41.5 Å². The highest BCUT2D eigenvalue weighted by atomic mass is 32.2. The second-order valence-corrected chi connectivity index (χ2v) is 7.20. The van der Waals surface area contributed by atoms with E-state index in [0.717, 1.165) is 0 Å². The Bertz CT molecular complexity index is 818. The fourth-order valence-corrected chi connectivity index (χ4v) is 3.82. The highest BCUT2D eigenvalue weighted by Gasteiger charge is 2.25. The van der Waals surface area contributed by atoms with Gasteiger partial charge in [-0.25, -0.2) is 13.2 Å². The lowest BCUT2D eigenvalue weighted by atomic mass is 10.4. The SMILES string of the molecule is CCN(CC)S(=O)(=O)c1cc(C(=O)OCc2cc(C)on2)n(C)c1. The molecule has 0 spiro atoms. The van der Waals surface area contributed by atoms with Crippen molar-refractivity contribution in [1.29, 1.82) is 0 Å². The standard InChI is InChI=1S/C15H21N3O5S/c1-5-18(6-2)24(20,21)13-8-14(17(4)9-13)15(19)22-10-12-7-11(3)23-16-12/h7-9H,5-6,10H2,1-4H3. The third-order valence-corrected chi connectivity index (χ3v) is 5.58. The molecule has 8 nitrogen and oxygen atoms in total. The number of aryl methyl sites for hydroxylation is 2. The van der Waals surface area contributed by atoms with Crippen molar-refractivity contribution in [3.63, 3.8) is 0 Å². The average Bonchev–Trinajstić information content (AvgIpc) is 3.12. The molecule has 0 atom stereocenters. The molecule has 0 saturated heterocycles. The summed E-state index contributed by atoms with van der Waals surface area (Å²) in [4.78, 5) is 12.3. The normalized spacial score (nSPS) is 11.9. The zero-order chi connectivity index (χ0) is 17.9.